The first-order chi connectivity index (χ1) is 25.9. The molecule has 0 unspecified atom stereocenters. The summed E-state index contributed by atoms with van der Waals surface area (Å²) in [6.07, 6.45) is 0. The van der Waals surface area contributed by atoms with E-state index in [1.54, 1.807) is 0 Å². The van der Waals surface area contributed by atoms with Crippen molar-refractivity contribution in [1.29, 1.82) is 0 Å². The lowest BCUT2D eigenvalue weighted by molar-refractivity contribution is 0.628. The van der Waals surface area contributed by atoms with Crippen molar-refractivity contribution in [2.24, 2.45) is 0 Å². The van der Waals surface area contributed by atoms with Crippen molar-refractivity contribution in [2.75, 3.05) is 0 Å². The Morgan fingerprint density at radius 2 is 0.962 bits per heavy atom. The van der Waals surface area contributed by atoms with Gasteiger partial charge in [0.05, 0.1) is 16.7 Å². The third kappa shape index (κ3) is 5.86. The van der Waals surface area contributed by atoms with E-state index in [1.807, 2.05) is 72.8 Å². The Bertz CT molecular complexity index is 2720. The molecule has 7 aromatic carbocycles. The van der Waals surface area contributed by atoms with Crippen LogP contribution < -0.4 is 0 Å². The number of hydrogen-bond acceptors (Lipinski definition) is 3. The number of aryl methyl sites for hydroxylation is 3. The third-order valence-electron chi connectivity index (χ3n) is 9.99. The third-order valence-corrected chi connectivity index (χ3v) is 9.99. The van der Waals surface area contributed by atoms with Crippen molar-refractivity contribution in [2.45, 2.75) is 20.8 Å². The lowest BCUT2D eigenvalue weighted by atomic mass is 9.93. The number of halogens is 1. The molecule has 0 aliphatic heterocycles. The highest BCUT2D eigenvalue weighted by Gasteiger charge is 2.20. The Labute approximate surface area is 307 Å². The van der Waals surface area contributed by atoms with Gasteiger partial charge in [0.2, 0.25) is 0 Å². The fraction of sp³-hybridized carbons (Fsp3) is 0.0625. The molecule has 0 aliphatic rings. The predicted octanol–water partition coefficient (Wildman–Crippen LogP) is 12.4. The van der Waals surface area contributed by atoms with E-state index >= 15 is 0 Å². The summed E-state index contributed by atoms with van der Waals surface area (Å²) in [6.45, 7) is 6.52. The van der Waals surface area contributed by atoms with E-state index in [0.717, 1.165) is 60.9 Å². The van der Waals surface area contributed by atoms with Crippen LogP contribution >= 0.6 is 0 Å². The zero-order valence-corrected chi connectivity index (χ0v) is 29.7. The van der Waals surface area contributed by atoms with Crippen molar-refractivity contribution < 1.29 is 4.39 Å². The largest absolute Gasteiger partial charge is 0.309 e. The van der Waals surface area contributed by atoms with Crippen LogP contribution in [0.2, 0.25) is 0 Å². The Kier molecular flexibility index (Phi) is 7.97. The topological polar surface area (TPSA) is 43.6 Å². The van der Waals surface area contributed by atoms with Crippen LogP contribution in [0.25, 0.3) is 83.9 Å². The molecular formula is C48H35FN4. The number of hydrogen-bond donors (Lipinski definition) is 0. The number of rotatable bonds is 6. The highest BCUT2D eigenvalue weighted by Crippen LogP contribution is 2.40. The molecule has 254 valence electrons. The van der Waals surface area contributed by atoms with Crippen molar-refractivity contribution >= 4 is 21.8 Å². The SMILES string of the molecule is Cc1cc(C)c(-c2ccc3c4ccccc4n(-c4cc(-c5nc(-c6ccccc6)nc(-c6ccccc6)n5)ccc4-c4ccc(F)cc4)c3c2)c(C)c1. The number of para-hydroxylation sites is 1. The standard InChI is InChI=1S/C48H35FN4/c1-30-26-31(2)45(32(3)27-30)36-20-25-41-40-16-10-11-17-42(40)53(44(41)28-36)43-29-37(21-24-39(43)33-18-22-38(49)23-19-33)48-51-46(34-12-6-4-7-13-34)50-47(52-48)35-14-8-5-9-15-35/h4-29H,1-3H3. The highest BCUT2D eigenvalue weighted by molar-refractivity contribution is 6.11. The maximum Gasteiger partial charge on any atom is 0.164 e. The van der Waals surface area contributed by atoms with Gasteiger partial charge in [-0.1, -0.05) is 133 Å². The minimum atomic E-state index is -0.274. The van der Waals surface area contributed by atoms with Crippen LogP contribution in [-0.2, 0) is 0 Å². The van der Waals surface area contributed by atoms with Crippen LogP contribution in [0.3, 0.4) is 0 Å². The van der Waals surface area contributed by atoms with E-state index in [4.69, 9.17) is 15.0 Å². The number of benzene rings is 7. The number of fused-ring (bicyclic) bond motifs is 3. The van der Waals surface area contributed by atoms with Crippen LogP contribution in [0, 0.1) is 26.6 Å². The van der Waals surface area contributed by atoms with Gasteiger partial charge in [0, 0.05) is 33.0 Å². The van der Waals surface area contributed by atoms with E-state index < -0.39 is 0 Å². The zero-order valence-electron chi connectivity index (χ0n) is 29.7. The molecule has 0 N–H and O–H groups in total. The van der Waals surface area contributed by atoms with Crippen LogP contribution in [0.5, 0.6) is 0 Å². The normalized spacial score (nSPS) is 11.4. The van der Waals surface area contributed by atoms with Gasteiger partial charge < -0.3 is 4.57 Å². The maximum atomic E-state index is 14.3. The molecule has 9 rings (SSSR count). The maximum absolute atomic E-state index is 14.3. The summed E-state index contributed by atoms with van der Waals surface area (Å²) < 4.78 is 16.6. The molecule has 0 aliphatic carbocycles. The van der Waals surface area contributed by atoms with Crippen molar-refractivity contribution in [3.63, 3.8) is 0 Å². The van der Waals surface area contributed by atoms with E-state index in [2.05, 4.69) is 98.1 Å². The second-order valence-electron chi connectivity index (χ2n) is 13.6. The first-order valence-electron chi connectivity index (χ1n) is 17.8. The first-order valence-corrected chi connectivity index (χ1v) is 17.8. The summed E-state index contributed by atoms with van der Waals surface area (Å²) >= 11 is 0. The van der Waals surface area contributed by atoms with E-state index in [-0.39, 0.29) is 5.82 Å². The summed E-state index contributed by atoms with van der Waals surface area (Å²) in [6, 6.07) is 52.9. The smallest absolute Gasteiger partial charge is 0.164 e. The van der Waals surface area contributed by atoms with E-state index in [1.165, 1.54) is 34.4 Å². The van der Waals surface area contributed by atoms with Gasteiger partial charge in [-0.15, -0.1) is 0 Å². The molecule has 5 heteroatoms. The summed E-state index contributed by atoms with van der Waals surface area (Å²) in [5.41, 5.74) is 13.8. The molecule has 0 spiro atoms. The molecule has 0 bridgehead atoms. The summed E-state index contributed by atoms with van der Waals surface area (Å²) in [5.74, 6) is 1.49. The molecule has 9 aromatic rings. The molecule has 4 nitrogen and oxygen atoms in total. The monoisotopic (exact) mass is 686 g/mol. The lowest BCUT2D eigenvalue weighted by Gasteiger charge is -2.17. The van der Waals surface area contributed by atoms with Gasteiger partial charge in [-0.05, 0) is 78.9 Å². The number of nitrogens with zero attached hydrogens (tertiary/aromatic N) is 4. The van der Waals surface area contributed by atoms with Gasteiger partial charge in [0.1, 0.15) is 5.82 Å². The fourth-order valence-electron chi connectivity index (χ4n) is 7.69. The molecule has 0 saturated heterocycles. The first kappa shape index (κ1) is 32.2. The summed E-state index contributed by atoms with van der Waals surface area (Å²) in [7, 11) is 0. The van der Waals surface area contributed by atoms with Gasteiger partial charge in [-0.25, -0.2) is 19.3 Å². The quantitative estimate of drug-likeness (QED) is 0.175. The molecule has 0 atom stereocenters. The molecule has 53 heavy (non-hydrogen) atoms. The fourth-order valence-corrected chi connectivity index (χ4v) is 7.69. The molecule has 2 aromatic heterocycles. The van der Waals surface area contributed by atoms with Crippen molar-refractivity contribution in [1.82, 2.24) is 19.5 Å². The zero-order chi connectivity index (χ0) is 36.1. The molecular weight excluding hydrogens is 652 g/mol. The molecule has 2 heterocycles. The Hall–Kier alpha value is -6.72. The average molecular weight is 687 g/mol. The van der Waals surface area contributed by atoms with Gasteiger partial charge >= 0.3 is 0 Å². The van der Waals surface area contributed by atoms with Gasteiger partial charge in [0.15, 0.2) is 17.5 Å². The summed E-state index contributed by atoms with van der Waals surface area (Å²) in [5, 5.41) is 2.31. The van der Waals surface area contributed by atoms with Crippen molar-refractivity contribution in [3.8, 4) is 62.1 Å². The Morgan fingerprint density at radius 1 is 0.434 bits per heavy atom. The molecule has 0 radical (unpaired) electrons. The molecule has 0 saturated carbocycles. The summed E-state index contributed by atoms with van der Waals surface area (Å²) in [4.78, 5) is 15.0. The van der Waals surface area contributed by atoms with Crippen LogP contribution in [0.1, 0.15) is 16.7 Å². The highest BCUT2D eigenvalue weighted by atomic mass is 19.1. The molecule has 0 fully saturated rings. The van der Waals surface area contributed by atoms with Gasteiger partial charge in [-0.2, -0.15) is 0 Å². The second kappa shape index (κ2) is 13.1. The van der Waals surface area contributed by atoms with Crippen LogP contribution in [0.4, 0.5) is 4.39 Å². The second-order valence-corrected chi connectivity index (χ2v) is 13.6. The van der Waals surface area contributed by atoms with Crippen molar-refractivity contribution in [3.05, 3.63) is 180 Å². The van der Waals surface area contributed by atoms with E-state index in [9.17, 15) is 4.39 Å². The van der Waals surface area contributed by atoms with Crippen LogP contribution in [0.15, 0.2) is 158 Å². The lowest BCUT2D eigenvalue weighted by Crippen LogP contribution is -2.02. The predicted molar refractivity (Wildman–Crippen MR) is 216 cm³/mol. The number of aromatic nitrogens is 4. The minimum Gasteiger partial charge on any atom is -0.309 e. The van der Waals surface area contributed by atoms with Crippen LogP contribution in [-0.4, -0.2) is 19.5 Å². The Morgan fingerprint density at radius 3 is 1.60 bits per heavy atom. The molecule has 0 amide bonds. The Balaban J connectivity index is 1.33. The minimum absolute atomic E-state index is 0.274. The van der Waals surface area contributed by atoms with Gasteiger partial charge in [0.25, 0.3) is 0 Å². The van der Waals surface area contributed by atoms with E-state index in [0.29, 0.717) is 17.5 Å². The van der Waals surface area contributed by atoms with Gasteiger partial charge in [-0.3, -0.25) is 0 Å². The average Bonchev–Trinajstić information content (AvgIpc) is 3.52.